The molecule has 0 aromatic carbocycles. The second-order valence-corrected chi connectivity index (χ2v) is 3.90. The standard InChI is InChI=1S/C9H9BF2N2O4/c1-9(11,12)6-5-4(10(16)17)2-3-13-7(5)14-8(15)18-6/h2-3,6,16-17H,1H3,(H,13,14,15)/t6-/m1/s1. The third-order valence-corrected chi connectivity index (χ3v) is 2.47. The number of fused-ring (bicyclic) bond motifs is 1. The summed E-state index contributed by atoms with van der Waals surface area (Å²) in [5.41, 5.74) is -0.425. The summed E-state index contributed by atoms with van der Waals surface area (Å²) in [6, 6.07) is 1.17. The molecule has 0 unspecified atom stereocenters. The molecular formula is C9H9BF2N2O4. The number of rotatable bonds is 2. The largest absolute Gasteiger partial charge is 0.489 e. The van der Waals surface area contributed by atoms with Crippen LogP contribution >= 0.6 is 0 Å². The van der Waals surface area contributed by atoms with Gasteiger partial charge in [-0.3, -0.25) is 5.32 Å². The van der Waals surface area contributed by atoms with Gasteiger partial charge in [0.05, 0.1) is 0 Å². The average molecular weight is 258 g/mol. The maximum Gasteiger partial charge on any atom is 0.489 e. The number of pyridine rings is 1. The van der Waals surface area contributed by atoms with Gasteiger partial charge in [-0.15, -0.1) is 0 Å². The summed E-state index contributed by atoms with van der Waals surface area (Å²) >= 11 is 0. The summed E-state index contributed by atoms with van der Waals surface area (Å²) in [5, 5.41) is 20.4. The molecule has 2 heterocycles. The Balaban J connectivity index is 2.61. The van der Waals surface area contributed by atoms with Crippen molar-refractivity contribution in [3.05, 3.63) is 17.8 Å². The van der Waals surface area contributed by atoms with Gasteiger partial charge in [0.2, 0.25) is 0 Å². The monoisotopic (exact) mass is 258 g/mol. The Morgan fingerprint density at radius 3 is 2.78 bits per heavy atom. The van der Waals surface area contributed by atoms with Crippen LogP contribution in [0.25, 0.3) is 0 Å². The van der Waals surface area contributed by atoms with E-state index in [2.05, 4.69) is 15.0 Å². The van der Waals surface area contributed by atoms with Crippen LogP contribution in [-0.4, -0.2) is 34.2 Å². The lowest BCUT2D eigenvalue weighted by Gasteiger charge is -2.30. The Labute approximate surface area is 101 Å². The maximum atomic E-state index is 13.4. The summed E-state index contributed by atoms with van der Waals surface area (Å²) in [7, 11) is -1.97. The van der Waals surface area contributed by atoms with Crippen LogP contribution in [0.2, 0.25) is 0 Å². The average Bonchev–Trinajstić information content (AvgIpc) is 2.25. The van der Waals surface area contributed by atoms with Gasteiger partial charge in [-0.2, -0.15) is 0 Å². The molecule has 1 aromatic rings. The molecule has 0 aliphatic carbocycles. The van der Waals surface area contributed by atoms with Crippen LogP contribution in [0.5, 0.6) is 0 Å². The van der Waals surface area contributed by atoms with E-state index in [0.717, 1.165) is 0 Å². The first kappa shape index (κ1) is 12.7. The van der Waals surface area contributed by atoms with E-state index in [1.807, 2.05) is 0 Å². The molecule has 0 saturated heterocycles. The van der Waals surface area contributed by atoms with E-state index in [9.17, 15) is 13.6 Å². The number of carbonyl (C=O) groups excluding carboxylic acids is 1. The van der Waals surface area contributed by atoms with Gasteiger partial charge in [0.15, 0.2) is 6.10 Å². The van der Waals surface area contributed by atoms with Gasteiger partial charge in [0.25, 0.3) is 5.92 Å². The molecule has 6 nitrogen and oxygen atoms in total. The van der Waals surface area contributed by atoms with Crippen molar-refractivity contribution in [2.75, 3.05) is 5.32 Å². The lowest BCUT2D eigenvalue weighted by atomic mass is 9.75. The Morgan fingerprint density at radius 2 is 2.22 bits per heavy atom. The fourth-order valence-corrected chi connectivity index (χ4v) is 1.74. The van der Waals surface area contributed by atoms with Crippen molar-refractivity contribution in [2.45, 2.75) is 19.0 Å². The fourth-order valence-electron chi connectivity index (χ4n) is 1.74. The number of amides is 1. The van der Waals surface area contributed by atoms with E-state index < -0.39 is 25.2 Å². The molecule has 0 fully saturated rings. The summed E-state index contributed by atoms with van der Waals surface area (Å²) < 4.78 is 31.3. The summed E-state index contributed by atoms with van der Waals surface area (Å²) in [6.07, 6.45) is -1.80. The Kier molecular flexibility index (Phi) is 2.95. The highest BCUT2D eigenvalue weighted by molar-refractivity contribution is 6.59. The number of nitrogens with one attached hydrogen (secondary N) is 1. The minimum Gasteiger partial charge on any atom is -0.434 e. The van der Waals surface area contributed by atoms with Crippen molar-refractivity contribution in [1.82, 2.24) is 4.98 Å². The van der Waals surface area contributed by atoms with E-state index in [1.54, 1.807) is 0 Å². The molecular weight excluding hydrogens is 249 g/mol. The van der Waals surface area contributed by atoms with Gasteiger partial charge < -0.3 is 14.8 Å². The van der Waals surface area contributed by atoms with Crippen molar-refractivity contribution in [3.8, 4) is 0 Å². The van der Waals surface area contributed by atoms with Crippen LogP contribution in [0.4, 0.5) is 19.4 Å². The van der Waals surface area contributed by atoms with Gasteiger partial charge in [-0.05, 0) is 11.5 Å². The molecule has 0 saturated carbocycles. The molecule has 18 heavy (non-hydrogen) atoms. The van der Waals surface area contributed by atoms with Crippen molar-refractivity contribution in [1.29, 1.82) is 0 Å². The van der Waals surface area contributed by atoms with E-state index in [0.29, 0.717) is 6.92 Å². The second kappa shape index (κ2) is 4.18. The van der Waals surface area contributed by atoms with Crippen molar-refractivity contribution in [3.63, 3.8) is 0 Å². The first-order valence-corrected chi connectivity index (χ1v) is 5.01. The number of alkyl halides is 2. The van der Waals surface area contributed by atoms with Gasteiger partial charge in [-0.25, -0.2) is 18.6 Å². The normalized spacial score (nSPS) is 18.7. The molecule has 96 valence electrons. The van der Waals surface area contributed by atoms with Crippen LogP contribution in [0.3, 0.4) is 0 Å². The highest BCUT2D eigenvalue weighted by Crippen LogP contribution is 2.38. The molecule has 0 bridgehead atoms. The van der Waals surface area contributed by atoms with E-state index in [4.69, 9.17) is 10.0 Å². The number of hydrogen-bond acceptors (Lipinski definition) is 5. The summed E-state index contributed by atoms with van der Waals surface area (Å²) in [5.74, 6) is -3.54. The van der Waals surface area contributed by atoms with Crippen LogP contribution in [0, 0.1) is 0 Å². The number of cyclic esters (lactones) is 1. The number of halogens is 2. The fraction of sp³-hybridized carbons (Fsp3) is 0.333. The van der Waals surface area contributed by atoms with Gasteiger partial charge in [0, 0.05) is 18.7 Å². The first-order valence-electron chi connectivity index (χ1n) is 5.01. The Hall–Kier alpha value is -1.74. The SMILES string of the molecule is CC(F)(F)[C@@H]1OC(=O)Nc2nccc(B(O)O)c21. The van der Waals surface area contributed by atoms with E-state index in [-0.39, 0.29) is 16.8 Å². The zero-order valence-corrected chi connectivity index (χ0v) is 9.22. The molecule has 2 rings (SSSR count). The second-order valence-electron chi connectivity index (χ2n) is 3.90. The van der Waals surface area contributed by atoms with Gasteiger partial charge in [0.1, 0.15) is 5.82 Å². The van der Waals surface area contributed by atoms with Gasteiger partial charge >= 0.3 is 13.2 Å². The van der Waals surface area contributed by atoms with Crippen LogP contribution in [-0.2, 0) is 4.74 Å². The number of nitrogens with zero attached hydrogens (tertiary/aromatic N) is 1. The highest BCUT2D eigenvalue weighted by Gasteiger charge is 2.45. The molecule has 1 aliphatic rings. The zero-order valence-electron chi connectivity index (χ0n) is 9.22. The summed E-state index contributed by atoms with van der Waals surface area (Å²) in [6.45, 7) is 0.570. The number of hydrogen-bond donors (Lipinski definition) is 3. The van der Waals surface area contributed by atoms with Crippen LogP contribution in [0.15, 0.2) is 12.3 Å². The van der Waals surface area contributed by atoms with Crippen LogP contribution in [0.1, 0.15) is 18.6 Å². The number of aromatic nitrogens is 1. The predicted octanol–water partition coefficient (Wildman–Crippen LogP) is 0.0198. The molecule has 1 amide bonds. The zero-order chi connectivity index (χ0) is 13.5. The Morgan fingerprint density at radius 1 is 1.56 bits per heavy atom. The quantitative estimate of drug-likeness (QED) is 0.650. The molecule has 0 spiro atoms. The van der Waals surface area contributed by atoms with Crippen molar-refractivity contribution >= 4 is 24.5 Å². The summed E-state index contributed by atoms with van der Waals surface area (Å²) in [4.78, 5) is 14.8. The lowest BCUT2D eigenvalue weighted by Crippen LogP contribution is -2.43. The molecule has 9 heteroatoms. The van der Waals surface area contributed by atoms with Gasteiger partial charge in [-0.1, -0.05) is 0 Å². The smallest absolute Gasteiger partial charge is 0.434 e. The number of anilines is 1. The number of ether oxygens (including phenoxy) is 1. The van der Waals surface area contributed by atoms with E-state index >= 15 is 0 Å². The van der Waals surface area contributed by atoms with E-state index in [1.165, 1.54) is 12.3 Å². The number of carbonyl (C=O) groups is 1. The minimum absolute atomic E-state index is 0.164. The molecule has 1 aliphatic heterocycles. The molecule has 1 aromatic heterocycles. The van der Waals surface area contributed by atoms with Crippen LogP contribution < -0.4 is 10.8 Å². The minimum atomic E-state index is -3.38. The maximum absolute atomic E-state index is 13.4. The highest BCUT2D eigenvalue weighted by atomic mass is 19.3. The van der Waals surface area contributed by atoms with Crippen molar-refractivity contribution < 1.29 is 28.4 Å². The lowest BCUT2D eigenvalue weighted by molar-refractivity contribution is -0.0982. The molecule has 1 atom stereocenters. The topological polar surface area (TPSA) is 91.7 Å². The van der Waals surface area contributed by atoms with Crippen molar-refractivity contribution in [2.24, 2.45) is 0 Å². The third-order valence-electron chi connectivity index (χ3n) is 2.47. The Bertz CT molecular complexity index is 492. The third kappa shape index (κ3) is 2.14. The molecule has 0 radical (unpaired) electrons. The first-order chi connectivity index (χ1) is 8.30. The predicted molar refractivity (Wildman–Crippen MR) is 57.5 cm³/mol. The molecule has 3 N–H and O–H groups in total.